The van der Waals surface area contributed by atoms with E-state index in [-0.39, 0.29) is 17.9 Å². The molecule has 0 aliphatic heterocycles. The van der Waals surface area contributed by atoms with E-state index >= 15 is 0 Å². The second kappa shape index (κ2) is 17.2. The Balaban J connectivity index is 2.46. The van der Waals surface area contributed by atoms with Gasteiger partial charge in [-0.05, 0) is 76.2 Å². The number of unbranched alkanes of at least 4 members (excludes halogenated alkanes) is 3. The molecule has 0 radical (unpaired) electrons. The summed E-state index contributed by atoms with van der Waals surface area (Å²) in [5, 5.41) is 6.06. The smallest absolute Gasteiger partial charge is 0.408 e. The zero-order valence-electron chi connectivity index (χ0n) is 25.1. The van der Waals surface area contributed by atoms with E-state index in [1.165, 1.54) is 6.42 Å². The quantitative estimate of drug-likeness (QED) is 0.205. The maximum absolute atomic E-state index is 14.3. The van der Waals surface area contributed by atoms with Crippen LogP contribution in [0, 0.1) is 12.3 Å². The number of nitrogens with one attached hydrogen (secondary N) is 2. The highest BCUT2D eigenvalue weighted by Crippen LogP contribution is 2.26. The summed E-state index contributed by atoms with van der Waals surface area (Å²) in [5.41, 5.74) is 0.718. The first-order chi connectivity index (χ1) is 19.1. The largest absolute Gasteiger partial charge is 0.444 e. The highest BCUT2D eigenvalue weighted by Gasteiger charge is 2.36. The number of terminal acetylenes is 1. The minimum Gasteiger partial charge on any atom is -0.444 e. The van der Waals surface area contributed by atoms with Crippen LogP contribution in [0.15, 0.2) is 24.3 Å². The van der Waals surface area contributed by atoms with Crippen LogP contribution in [0.25, 0.3) is 0 Å². The molecule has 2 N–H and O–H groups in total. The standard InChI is InChI=1S/C32H49N3O4S/c1-7-9-10-14-22-35(30(37)27(21-23-40-6)34-31(38)39-32(3,4)5)28(25-19-17-24(8-2)18-20-25)29(36)33-26-15-12-11-13-16-26/h2,17-20,26-28H,7,9-16,21-23H2,1,3-6H3,(H,33,36)(H,34,38). The van der Waals surface area contributed by atoms with Gasteiger partial charge in [0.2, 0.25) is 11.8 Å². The van der Waals surface area contributed by atoms with Gasteiger partial charge < -0.3 is 20.3 Å². The third-order valence-corrected chi connectivity index (χ3v) is 7.68. The van der Waals surface area contributed by atoms with E-state index < -0.39 is 23.8 Å². The van der Waals surface area contributed by atoms with Gasteiger partial charge in [-0.25, -0.2) is 4.79 Å². The first-order valence-corrected chi connectivity index (χ1v) is 16.1. The molecule has 0 saturated heterocycles. The number of amides is 3. The van der Waals surface area contributed by atoms with Gasteiger partial charge in [-0.15, -0.1) is 6.42 Å². The van der Waals surface area contributed by atoms with Crippen molar-refractivity contribution in [1.82, 2.24) is 15.5 Å². The van der Waals surface area contributed by atoms with Crippen LogP contribution in [-0.2, 0) is 14.3 Å². The third-order valence-electron chi connectivity index (χ3n) is 7.04. The highest BCUT2D eigenvalue weighted by atomic mass is 32.2. The molecule has 7 nitrogen and oxygen atoms in total. The van der Waals surface area contributed by atoms with Gasteiger partial charge in [-0.1, -0.05) is 63.5 Å². The number of alkyl carbamates (subject to hydrolysis) is 1. The van der Waals surface area contributed by atoms with Crippen LogP contribution in [0.3, 0.4) is 0 Å². The Bertz CT molecular complexity index is 977. The van der Waals surface area contributed by atoms with Crippen LogP contribution in [0.5, 0.6) is 0 Å². The lowest BCUT2D eigenvalue weighted by molar-refractivity contribution is -0.143. The molecule has 0 heterocycles. The fourth-order valence-electron chi connectivity index (χ4n) is 4.98. The summed E-state index contributed by atoms with van der Waals surface area (Å²) in [7, 11) is 0. The molecule has 1 aromatic carbocycles. The Morgan fingerprint density at radius 1 is 1.10 bits per heavy atom. The van der Waals surface area contributed by atoms with Gasteiger partial charge >= 0.3 is 6.09 Å². The number of thioether (sulfide) groups is 1. The lowest BCUT2D eigenvalue weighted by Crippen LogP contribution is -2.54. The van der Waals surface area contributed by atoms with Crippen molar-refractivity contribution in [2.45, 2.75) is 116 Å². The maximum atomic E-state index is 14.3. The summed E-state index contributed by atoms with van der Waals surface area (Å²) in [6, 6.07) is 5.73. The molecule has 1 aromatic rings. The summed E-state index contributed by atoms with van der Waals surface area (Å²) >= 11 is 1.60. The van der Waals surface area contributed by atoms with Crippen molar-refractivity contribution in [2.24, 2.45) is 0 Å². The molecular formula is C32H49N3O4S. The van der Waals surface area contributed by atoms with E-state index in [0.717, 1.165) is 51.4 Å². The van der Waals surface area contributed by atoms with Gasteiger partial charge in [0.25, 0.3) is 0 Å². The second-order valence-electron chi connectivity index (χ2n) is 11.6. The van der Waals surface area contributed by atoms with Gasteiger partial charge in [0.15, 0.2) is 0 Å². The predicted octanol–water partition coefficient (Wildman–Crippen LogP) is 6.21. The zero-order chi connectivity index (χ0) is 29.5. The average Bonchev–Trinajstić information content (AvgIpc) is 2.92. The molecule has 2 rings (SSSR count). The number of rotatable bonds is 14. The molecule has 222 valence electrons. The monoisotopic (exact) mass is 571 g/mol. The molecule has 0 bridgehead atoms. The lowest BCUT2D eigenvalue weighted by atomic mass is 9.94. The predicted molar refractivity (Wildman–Crippen MR) is 164 cm³/mol. The lowest BCUT2D eigenvalue weighted by Gasteiger charge is -2.36. The molecule has 2 unspecified atom stereocenters. The van der Waals surface area contributed by atoms with Crippen molar-refractivity contribution in [1.29, 1.82) is 0 Å². The Morgan fingerprint density at radius 3 is 2.35 bits per heavy atom. The minimum atomic E-state index is -0.833. The number of carbonyl (C=O) groups is 3. The van der Waals surface area contributed by atoms with Gasteiger partial charge in [-0.2, -0.15) is 11.8 Å². The second-order valence-corrected chi connectivity index (χ2v) is 12.6. The summed E-state index contributed by atoms with van der Waals surface area (Å²) in [4.78, 5) is 42.7. The number of nitrogens with zero attached hydrogens (tertiary/aromatic N) is 1. The number of ether oxygens (including phenoxy) is 1. The van der Waals surface area contributed by atoms with Crippen molar-refractivity contribution in [2.75, 3.05) is 18.6 Å². The SMILES string of the molecule is C#Cc1ccc(C(C(=O)NC2CCCCC2)N(CCCCCC)C(=O)C(CCSC)NC(=O)OC(C)(C)C)cc1. The summed E-state index contributed by atoms with van der Waals surface area (Å²) in [6.45, 7) is 7.91. The van der Waals surface area contributed by atoms with Gasteiger partial charge in [0.1, 0.15) is 17.7 Å². The topological polar surface area (TPSA) is 87.7 Å². The molecule has 3 amide bonds. The first-order valence-electron chi connectivity index (χ1n) is 14.8. The van der Waals surface area contributed by atoms with Crippen LogP contribution in [-0.4, -0.2) is 59.0 Å². The molecule has 0 aromatic heterocycles. The average molecular weight is 572 g/mol. The highest BCUT2D eigenvalue weighted by molar-refractivity contribution is 7.98. The Kier molecular flexibility index (Phi) is 14.4. The molecule has 0 spiro atoms. The van der Waals surface area contributed by atoms with Crippen LogP contribution in [0.4, 0.5) is 4.79 Å². The van der Waals surface area contributed by atoms with E-state index in [0.29, 0.717) is 29.8 Å². The van der Waals surface area contributed by atoms with E-state index in [1.54, 1.807) is 49.6 Å². The number of benzene rings is 1. The van der Waals surface area contributed by atoms with Gasteiger partial charge in [0.05, 0.1) is 0 Å². The minimum absolute atomic E-state index is 0.0953. The summed E-state index contributed by atoms with van der Waals surface area (Å²) < 4.78 is 5.48. The van der Waals surface area contributed by atoms with E-state index in [1.807, 2.05) is 18.4 Å². The summed E-state index contributed by atoms with van der Waals surface area (Å²) in [5.74, 6) is 2.83. The molecule has 1 saturated carbocycles. The van der Waals surface area contributed by atoms with Crippen molar-refractivity contribution in [3.63, 3.8) is 0 Å². The van der Waals surface area contributed by atoms with Crippen molar-refractivity contribution in [3.05, 3.63) is 35.4 Å². The van der Waals surface area contributed by atoms with E-state index in [2.05, 4.69) is 23.5 Å². The molecule has 1 aliphatic rings. The Morgan fingerprint density at radius 2 is 1.77 bits per heavy atom. The number of hydrogen-bond acceptors (Lipinski definition) is 5. The first kappa shape index (κ1) is 33.5. The molecular weight excluding hydrogens is 522 g/mol. The normalized spacial score (nSPS) is 15.4. The Labute approximate surface area is 245 Å². The van der Waals surface area contributed by atoms with Gasteiger partial charge in [0, 0.05) is 18.2 Å². The van der Waals surface area contributed by atoms with E-state index in [9.17, 15) is 14.4 Å². The molecule has 8 heteroatoms. The summed E-state index contributed by atoms with van der Waals surface area (Å²) in [6.07, 6.45) is 16.4. The fraction of sp³-hybridized carbons (Fsp3) is 0.656. The third kappa shape index (κ3) is 11.4. The number of carbonyl (C=O) groups excluding carboxylic acids is 3. The van der Waals surface area contributed by atoms with Crippen molar-refractivity contribution in [3.8, 4) is 12.3 Å². The fourth-order valence-corrected chi connectivity index (χ4v) is 5.45. The molecule has 40 heavy (non-hydrogen) atoms. The Hall–Kier alpha value is -2.66. The van der Waals surface area contributed by atoms with Crippen LogP contribution in [0.2, 0.25) is 0 Å². The maximum Gasteiger partial charge on any atom is 0.408 e. The molecule has 2 atom stereocenters. The van der Waals surface area contributed by atoms with Gasteiger partial charge in [-0.3, -0.25) is 9.59 Å². The molecule has 1 fully saturated rings. The number of hydrogen-bond donors (Lipinski definition) is 2. The van der Waals surface area contributed by atoms with Crippen LogP contribution in [0.1, 0.15) is 109 Å². The van der Waals surface area contributed by atoms with Crippen molar-refractivity contribution >= 4 is 29.7 Å². The van der Waals surface area contributed by atoms with Crippen LogP contribution < -0.4 is 10.6 Å². The zero-order valence-corrected chi connectivity index (χ0v) is 25.9. The molecule has 1 aliphatic carbocycles. The van der Waals surface area contributed by atoms with E-state index in [4.69, 9.17) is 11.2 Å². The van der Waals surface area contributed by atoms with Crippen molar-refractivity contribution < 1.29 is 19.1 Å². The van der Waals surface area contributed by atoms with Crippen LogP contribution >= 0.6 is 11.8 Å².